The van der Waals surface area contributed by atoms with E-state index < -0.39 is 0 Å². The second-order valence-electron chi connectivity index (χ2n) is 6.42. The molecular formula is C19H21ClN2O. The number of carbonyl (C=O) groups is 1. The number of anilines is 1. The summed E-state index contributed by atoms with van der Waals surface area (Å²) in [6.07, 6.45) is 2.24. The van der Waals surface area contributed by atoms with Gasteiger partial charge in [0.05, 0.1) is 0 Å². The standard InChI is InChI=1S/C19H21ClN2O/c1-13-3-6-15(7-4-13)19(9-10-19)12-21-18(23)22-16-8-5-14(2)17(20)11-16/h3-8,11H,9-10,12H2,1-2H3,(H2,21,22,23). The molecule has 2 aromatic rings. The lowest BCUT2D eigenvalue weighted by Crippen LogP contribution is -2.35. The normalized spacial score (nSPS) is 15.1. The van der Waals surface area contributed by atoms with E-state index in [9.17, 15) is 4.79 Å². The van der Waals surface area contributed by atoms with Crippen LogP contribution in [0.4, 0.5) is 10.5 Å². The third-order valence-electron chi connectivity index (χ3n) is 4.53. The van der Waals surface area contributed by atoms with E-state index in [-0.39, 0.29) is 11.4 Å². The van der Waals surface area contributed by atoms with Crippen LogP contribution in [0.3, 0.4) is 0 Å². The van der Waals surface area contributed by atoms with Gasteiger partial charge in [0.2, 0.25) is 0 Å². The van der Waals surface area contributed by atoms with Gasteiger partial charge in [0.25, 0.3) is 0 Å². The molecule has 0 saturated heterocycles. The molecule has 1 saturated carbocycles. The lowest BCUT2D eigenvalue weighted by Gasteiger charge is -2.17. The van der Waals surface area contributed by atoms with Crippen LogP contribution in [0.1, 0.15) is 29.5 Å². The molecule has 1 aliphatic carbocycles. The first kappa shape index (κ1) is 15.9. The molecule has 0 spiro atoms. The summed E-state index contributed by atoms with van der Waals surface area (Å²) in [6.45, 7) is 4.67. The molecule has 0 radical (unpaired) electrons. The number of amides is 2. The Balaban J connectivity index is 1.58. The molecule has 2 aromatic carbocycles. The number of aryl methyl sites for hydroxylation is 2. The number of hydrogen-bond acceptors (Lipinski definition) is 1. The maximum atomic E-state index is 12.1. The van der Waals surface area contributed by atoms with Crippen LogP contribution in [0.25, 0.3) is 0 Å². The molecule has 0 unspecified atom stereocenters. The summed E-state index contributed by atoms with van der Waals surface area (Å²) >= 11 is 6.08. The first-order valence-electron chi connectivity index (χ1n) is 7.87. The molecule has 2 N–H and O–H groups in total. The van der Waals surface area contributed by atoms with Crippen LogP contribution in [0, 0.1) is 13.8 Å². The number of nitrogens with one attached hydrogen (secondary N) is 2. The van der Waals surface area contributed by atoms with Gasteiger partial charge in [-0.1, -0.05) is 47.5 Å². The minimum absolute atomic E-state index is 0.107. The van der Waals surface area contributed by atoms with Gasteiger partial charge < -0.3 is 10.6 Å². The van der Waals surface area contributed by atoms with E-state index >= 15 is 0 Å². The predicted molar refractivity (Wildman–Crippen MR) is 95.3 cm³/mol. The Morgan fingerprint density at radius 1 is 1.13 bits per heavy atom. The zero-order valence-corrected chi connectivity index (χ0v) is 14.2. The molecule has 4 heteroatoms. The number of hydrogen-bond donors (Lipinski definition) is 2. The van der Waals surface area contributed by atoms with Gasteiger partial charge in [-0.2, -0.15) is 0 Å². The van der Waals surface area contributed by atoms with Crippen molar-refractivity contribution in [3.8, 4) is 0 Å². The first-order valence-corrected chi connectivity index (χ1v) is 8.24. The van der Waals surface area contributed by atoms with Crippen molar-refractivity contribution in [1.82, 2.24) is 5.32 Å². The zero-order chi connectivity index (χ0) is 16.4. The van der Waals surface area contributed by atoms with Crippen LogP contribution in [-0.2, 0) is 5.41 Å². The Bertz CT molecular complexity index is 721. The fourth-order valence-corrected chi connectivity index (χ4v) is 2.90. The number of rotatable bonds is 4. The summed E-state index contributed by atoms with van der Waals surface area (Å²) in [5.41, 5.74) is 4.37. The largest absolute Gasteiger partial charge is 0.337 e. The summed E-state index contributed by atoms with van der Waals surface area (Å²) in [5.74, 6) is 0. The number of halogens is 1. The number of carbonyl (C=O) groups excluding carboxylic acids is 1. The third kappa shape index (κ3) is 3.67. The highest BCUT2D eigenvalue weighted by atomic mass is 35.5. The van der Waals surface area contributed by atoms with Crippen LogP contribution in [0.2, 0.25) is 5.02 Å². The quantitative estimate of drug-likeness (QED) is 0.830. The van der Waals surface area contributed by atoms with Crippen molar-refractivity contribution in [1.29, 1.82) is 0 Å². The highest BCUT2D eigenvalue weighted by Gasteiger charge is 2.44. The maximum Gasteiger partial charge on any atom is 0.319 e. The van der Waals surface area contributed by atoms with Crippen LogP contribution in [0.5, 0.6) is 0 Å². The van der Waals surface area contributed by atoms with Crippen molar-refractivity contribution in [3.05, 3.63) is 64.2 Å². The Morgan fingerprint density at radius 2 is 1.83 bits per heavy atom. The number of benzene rings is 2. The van der Waals surface area contributed by atoms with Crippen molar-refractivity contribution in [2.24, 2.45) is 0 Å². The van der Waals surface area contributed by atoms with E-state index in [1.165, 1.54) is 11.1 Å². The molecular weight excluding hydrogens is 308 g/mol. The van der Waals surface area contributed by atoms with Gasteiger partial charge in [-0.3, -0.25) is 0 Å². The lowest BCUT2D eigenvalue weighted by molar-refractivity contribution is 0.251. The molecule has 120 valence electrons. The van der Waals surface area contributed by atoms with Crippen molar-refractivity contribution in [2.45, 2.75) is 32.1 Å². The molecule has 0 atom stereocenters. The summed E-state index contributed by atoms with van der Waals surface area (Å²) < 4.78 is 0. The Morgan fingerprint density at radius 3 is 2.43 bits per heavy atom. The molecule has 0 heterocycles. The zero-order valence-electron chi connectivity index (χ0n) is 13.4. The summed E-state index contributed by atoms with van der Waals surface area (Å²) in [7, 11) is 0. The summed E-state index contributed by atoms with van der Waals surface area (Å²) in [5, 5.41) is 6.48. The van der Waals surface area contributed by atoms with E-state index in [1.54, 1.807) is 6.07 Å². The Kier molecular flexibility index (Phi) is 4.31. The first-order chi connectivity index (χ1) is 11.0. The molecule has 1 aliphatic rings. The molecule has 0 bridgehead atoms. The van der Waals surface area contributed by atoms with Crippen LogP contribution in [-0.4, -0.2) is 12.6 Å². The van der Waals surface area contributed by atoms with Gasteiger partial charge in [0, 0.05) is 22.7 Å². The van der Waals surface area contributed by atoms with Gasteiger partial charge in [0.1, 0.15) is 0 Å². The summed E-state index contributed by atoms with van der Waals surface area (Å²) in [4.78, 5) is 12.1. The van der Waals surface area contributed by atoms with Crippen LogP contribution < -0.4 is 10.6 Å². The van der Waals surface area contributed by atoms with Gasteiger partial charge in [0.15, 0.2) is 0 Å². The van der Waals surface area contributed by atoms with Gasteiger partial charge >= 0.3 is 6.03 Å². The third-order valence-corrected chi connectivity index (χ3v) is 4.94. The smallest absolute Gasteiger partial charge is 0.319 e. The van der Waals surface area contributed by atoms with Crippen molar-refractivity contribution in [2.75, 3.05) is 11.9 Å². The second-order valence-corrected chi connectivity index (χ2v) is 6.83. The van der Waals surface area contributed by atoms with Crippen LogP contribution in [0.15, 0.2) is 42.5 Å². The lowest BCUT2D eigenvalue weighted by atomic mass is 9.95. The van der Waals surface area contributed by atoms with E-state index in [0.29, 0.717) is 17.3 Å². The minimum atomic E-state index is -0.191. The van der Waals surface area contributed by atoms with Gasteiger partial charge in [-0.15, -0.1) is 0 Å². The van der Waals surface area contributed by atoms with E-state index in [2.05, 4.69) is 41.8 Å². The topological polar surface area (TPSA) is 41.1 Å². The Labute approximate surface area is 142 Å². The van der Waals surface area contributed by atoms with E-state index in [0.717, 1.165) is 18.4 Å². The average molecular weight is 329 g/mol. The van der Waals surface area contributed by atoms with Crippen molar-refractivity contribution in [3.63, 3.8) is 0 Å². The predicted octanol–water partition coefficient (Wildman–Crippen LogP) is 4.81. The fraction of sp³-hybridized carbons (Fsp3) is 0.316. The second kappa shape index (κ2) is 6.25. The molecule has 0 aliphatic heterocycles. The monoisotopic (exact) mass is 328 g/mol. The molecule has 1 fully saturated rings. The van der Waals surface area contributed by atoms with E-state index in [1.807, 2.05) is 19.1 Å². The fourth-order valence-electron chi connectivity index (χ4n) is 2.72. The Hall–Kier alpha value is -2.00. The molecule has 23 heavy (non-hydrogen) atoms. The van der Waals surface area contributed by atoms with Crippen molar-refractivity contribution >= 4 is 23.3 Å². The highest BCUT2D eigenvalue weighted by Crippen LogP contribution is 2.47. The van der Waals surface area contributed by atoms with Crippen molar-refractivity contribution < 1.29 is 4.79 Å². The van der Waals surface area contributed by atoms with Gasteiger partial charge in [-0.25, -0.2) is 4.79 Å². The molecule has 0 aromatic heterocycles. The molecule has 3 rings (SSSR count). The van der Waals surface area contributed by atoms with E-state index in [4.69, 9.17) is 11.6 Å². The maximum absolute atomic E-state index is 12.1. The molecule has 3 nitrogen and oxygen atoms in total. The average Bonchev–Trinajstić information content (AvgIpc) is 3.31. The van der Waals surface area contributed by atoms with Gasteiger partial charge in [-0.05, 0) is 49.9 Å². The summed E-state index contributed by atoms with van der Waals surface area (Å²) in [6, 6.07) is 13.9. The highest BCUT2D eigenvalue weighted by molar-refractivity contribution is 6.31. The van der Waals surface area contributed by atoms with Crippen LogP contribution >= 0.6 is 11.6 Å². The number of urea groups is 1. The molecule has 2 amide bonds. The minimum Gasteiger partial charge on any atom is -0.337 e. The SMILES string of the molecule is Cc1ccc(C2(CNC(=O)Nc3ccc(C)c(Cl)c3)CC2)cc1.